The number of nitrogens with one attached hydrogen (secondary N) is 2. The van der Waals surface area contributed by atoms with Gasteiger partial charge in [0.15, 0.2) is 0 Å². The van der Waals surface area contributed by atoms with Gasteiger partial charge in [-0.15, -0.1) is 10.2 Å². The van der Waals surface area contributed by atoms with E-state index in [0.717, 1.165) is 73.8 Å². The van der Waals surface area contributed by atoms with E-state index in [-0.39, 0.29) is 11.4 Å². The van der Waals surface area contributed by atoms with Crippen LogP contribution >= 0.6 is 0 Å². The zero-order valence-corrected chi connectivity index (χ0v) is 16.6. The number of aryl methyl sites for hydroxylation is 1. The van der Waals surface area contributed by atoms with Gasteiger partial charge < -0.3 is 5.32 Å². The summed E-state index contributed by atoms with van der Waals surface area (Å²) in [6.45, 7) is 4.38. The molecule has 2 aliphatic rings. The molecule has 0 fully saturated rings. The van der Waals surface area contributed by atoms with Crippen molar-refractivity contribution in [1.82, 2.24) is 30.9 Å². The lowest BCUT2D eigenvalue weighted by Gasteiger charge is -2.31. The van der Waals surface area contributed by atoms with E-state index < -0.39 is 5.95 Å². The van der Waals surface area contributed by atoms with Crippen LogP contribution in [0.15, 0.2) is 18.4 Å². The fraction of sp³-hybridized carbons (Fsp3) is 0.524. The molecule has 2 aromatic heterocycles. The van der Waals surface area contributed by atoms with Gasteiger partial charge >= 0.3 is 0 Å². The van der Waals surface area contributed by atoms with Crippen molar-refractivity contribution >= 4 is 5.57 Å². The van der Waals surface area contributed by atoms with Gasteiger partial charge in [-0.2, -0.15) is 9.60 Å². The van der Waals surface area contributed by atoms with Crippen molar-refractivity contribution in [3.05, 3.63) is 41.1 Å². The Morgan fingerprint density at radius 2 is 2.04 bits per heavy atom. The maximum Gasteiger partial charge on any atom is 0.224 e. The number of H-pyrrole nitrogens is 1. The second-order valence-electron chi connectivity index (χ2n) is 7.97. The first-order chi connectivity index (χ1) is 13.6. The normalized spacial score (nSPS) is 21.6. The molecule has 0 amide bonds. The van der Waals surface area contributed by atoms with E-state index in [9.17, 15) is 0 Å². The molecule has 1 aliphatic heterocycles. The van der Waals surface area contributed by atoms with Crippen LogP contribution < -0.4 is 5.32 Å². The van der Waals surface area contributed by atoms with E-state index in [1.54, 1.807) is 0 Å². The number of fused-ring (bicyclic) bond motifs is 1. The molecule has 1 atom stereocenters. The topological polar surface area (TPSA) is 79.4 Å². The molecule has 0 saturated heterocycles. The molecule has 0 radical (unpaired) electrons. The monoisotopic (exact) mass is 382 g/mol. The zero-order chi connectivity index (χ0) is 19.6. The largest absolute Gasteiger partial charge is 0.382 e. The molecule has 2 aromatic rings. The zero-order valence-electron chi connectivity index (χ0n) is 16.6. The Balaban J connectivity index is 1.91. The van der Waals surface area contributed by atoms with Gasteiger partial charge in [0.2, 0.25) is 11.8 Å². The quantitative estimate of drug-likeness (QED) is 0.601. The molecule has 0 aromatic carbocycles. The third-order valence-corrected chi connectivity index (χ3v) is 5.74. The van der Waals surface area contributed by atoms with Crippen molar-refractivity contribution in [3.8, 4) is 11.4 Å². The molecule has 4 rings (SSSR count). The first-order valence-corrected chi connectivity index (χ1v) is 10.2. The van der Waals surface area contributed by atoms with Gasteiger partial charge in [-0.05, 0) is 67.7 Å². The number of hydrogen-bond acceptors (Lipinski definition) is 5. The molecule has 7 heteroatoms. The van der Waals surface area contributed by atoms with Gasteiger partial charge in [-0.1, -0.05) is 32.3 Å². The minimum atomic E-state index is -0.514. The van der Waals surface area contributed by atoms with Gasteiger partial charge in [0, 0.05) is 11.3 Å². The molecule has 1 unspecified atom stereocenters. The maximum atomic E-state index is 15.2. The highest BCUT2D eigenvalue weighted by Gasteiger charge is 2.29. The molecule has 0 saturated carbocycles. The fourth-order valence-corrected chi connectivity index (χ4v) is 4.28. The fourth-order valence-electron chi connectivity index (χ4n) is 4.28. The summed E-state index contributed by atoms with van der Waals surface area (Å²) in [5.41, 5.74) is 4.09. The highest BCUT2D eigenvalue weighted by Crippen LogP contribution is 2.38. The lowest BCUT2D eigenvalue weighted by atomic mass is 9.84. The van der Waals surface area contributed by atoms with Gasteiger partial charge in [-0.3, -0.25) is 0 Å². The van der Waals surface area contributed by atoms with Crippen LogP contribution in [0.1, 0.15) is 69.2 Å². The van der Waals surface area contributed by atoms with Crippen LogP contribution in [0.5, 0.6) is 0 Å². The Morgan fingerprint density at radius 1 is 1.18 bits per heavy atom. The maximum absolute atomic E-state index is 15.2. The van der Waals surface area contributed by atoms with Crippen LogP contribution in [0.4, 0.5) is 4.39 Å². The summed E-state index contributed by atoms with van der Waals surface area (Å²) in [4.78, 5) is 4.32. The highest BCUT2D eigenvalue weighted by molar-refractivity contribution is 5.87. The first-order valence-electron chi connectivity index (χ1n) is 10.2. The molecule has 2 N–H and O–H groups in total. The third-order valence-electron chi connectivity index (χ3n) is 5.74. The summed E-state index contributed by atoms with van der Waals surface area (Å²) in [5, 5.41) is 17.7. The van der Waals surface area contributed by atoms with Gasteiger partial charge in [0.25, 0.3) is 0 Å². The van der Waals surface area contributed by atoms with E-state index in [1.165, 1.54) is 0 Å². The van der Waals surface area contributed by atoms with E-state index >= 15 is 4.39 Å². The lowest BCUT2D eigenvalue weighted by Crippen LogP contribution is -2.38. The number of nitrogens with zero attached hydrogens (tertiary/aromatic N) is 4. The average Bonchev–Trinajstić information content (AvgIpc) is 3.11. The number of tetrazole rings is 1. The van der Waals surface area contributed by atoms with Crippen molar-refractivity contribution in [2.24, 2.45) is 0 Å². The Hall–Kier alpha value is -2.57. The molecule has 28 heavy (non-hydrogen) atoms. The molecule has 0 spiro atoms. The average molecular weight is 382 g/mol. The molecule has 0 bridgehead atoms. The van der Waals surface area contributed by atoms with Crippen molar-refractivity contribution in [3.63, 3.8) is 0 Å². The molecule has 6 nitrogen and oxygen atoms in total. The molecular weight excluding hydrogens is 355 g/mol. The van der Waals surface area contributed by atoms with Crippen molar-refractivity contribution in [1.29, 1.82) is 0 Å². The number of aromatic nitrogens is 5. The van der Waals surface area contributed by atoms with Crippen LogP contribution in [0.25, 0.3) is 17.0 Å². The first kappa shape index (κ1) is 18.8. The summed E-state index contributed by atoms with van der Waals surface area (Å²) < 4.78 is 15.2. The van der Waals surface area contributed by atoms with E-state index in [2.05, 4.69) is 50.8 Å². The number of hydrogen-bond donors (Lipinski definition) is 2. The predicted octanol–water partition coefficient (Wildman–Crippen LogP) is 4.12. The van der Waals surface area contributed by atoms with Crippen LogP contribution in [0.2, 0.25) is 0 Å². The van der Waals surface area contributed by atoms with Gasteiger partial charge in [0.1, 0.15) is 0 Å². The van der Waals surface area contributed by atoms with Crippen molar-refractivity contribution in [2.75, 3.05) is 0 Å². The van der Waals surface area contributed by atoms with Crippen LogP contribution in [0.3, 0.4) is 0 Å². The standard InChI is InChI=1S/C21H27FN6/c1-3-4-11-21(2)13-14(10-12-23-21)17-15-8-6-5-7-9-16(15)24-19(22)18(17)20-25-27-28-26-20/h10,12-13,23H,3-9,11H2,1-2H3,(H,25,26,27,28). The predicted molar refractivity (Wildman–Crippen MR) is 107 cm³/mol. The summed E-state index contributed by atoms with van der Waals surface area (Å²) in [7, 11) is 0. The van der Waals surface area contributed by atoms with E-state index in [0.29, 0.717) is 5.56 Å². The lowest BCUT2D eigenvalue weighted by molar-refractivity contribution is 0.441. The number of rotatable bonds is 5. The minimum Gasteiger partial charge on any atom is -0.382 e. The highest BCUT2D eigenvalue weighted by atomic mass is 19.1. The van der Waals surface area contributed by atoms with Gasteiger partial charge in [0.05, 0.1) is 11.1 Å². The summed E-state index contributed by atoms with van der Waals surface area (Å²) in [6, 6.07) is 0. The summed E-state index contributed by atoms with van der Waals surface area (Å²) >= 11 is 0. The minimum absolute atomic E-state index is 0.161. The number of dihydropyridines is 1. The van der Waals surface area contributed by atoms with Crippen LogP contribution in [0, 0.1) is 5.95 Å². The van der Waals surface area contributed by atoms with Gasteiger partial charge in [-0.25, -0.2) is 4.98 Å². The molecular formula is C21H27FN6. The van der Waals surface area contributed by atoms with Crippen LogP contribution in [-0.4, -0.2) is 31.1 Å². The van der Waals surface area contributed by atoms with E-state index in [1.807, 2.05) is 12.3 Å². The summed E-state index contributed by atoms with van der Waals surface area (Å²) in [6.07, 6.45) is 14.5. The Morgan fingerprint density at radius 3 is 2.82 bits per heavy atom. The molecule has 3 heterocycles. The second-order valence-corrected chi connectivity index (χ2v) is 7.97. The molecule has 148 valence electrons. The van der Waals surface area contributed by atoms with Crippen molar-refractivity contribution in [2.45, 2.75) is 70.8 Å². The Kier molecular flexibility index (Phi) is 5.24. The van der Waals surface area contributed by atoms with Crippen LogP contribution in [-0.2, 0) is 12.8 Å². The van der Waals surface area contributed by atoms with E-state index in [4.69, 9.17) is 0 Å². The number of halogens is 1. The smallest absolute Gasteiger partial charge is 0.224 e. The Labute approximate surface area is 164 Å². The van der Waals surface area contributed by atoms with Crippen molar-refractivity contribution < 1.29 is 4.39 Å². The third kappa shape index (κ3) is 3.57. The second kappa shape index (κ2) is 7.81. The number of pyridine rings is 1. The summed E-state index contributed by atoms with van der Waals surface area (Å²) in [5.74, 6) is -0.254. The number of allylic oxidation sites excluding steroid dienone is 2. The molecule has 1 aliphatic carbocycles. The number of aromatic amines is 1. The number of unbranched alkanes of at least 4 members (excludes halogenated alkanes) is 1. The Bertz CT molecular complexity index is 902. The SMILES string of the molecule is CCCCC1(C)C=C(c2c3c(nc(F)c2-c2nn[nH]n2)CCCCC3)C=CN1.